The fourth-order valence-corrected chi connectivity index (χ4v) is 3.41. The van der Waals surface area contributed by atoms with Gasteiger partial charge in [-0.25, -0.2) is 0 Å². The highest BCUT2D eigenvalue weighted by Gasteiger charge is 2.15. The molecule has 27 heavy (non-hydrogen) atoms. The van der Waals surface area contributed by atoms with Crippen LogP contribution in [-0.4, -0.2) is 25.5 Å². The van der Waals surface area contributed by atoms with Gasteiger partial charge < -0.3 is 15.5 Å². The summed E-state index contributed by atoms with van der Waals surface area (Å²) in [6, 6.07) is 15.9. The van der Waals surface area contributed by atoms with Crippen LogP contribution in [0.2, 0.25) is 5.02 Å². The molecule has 2 N–H and O–H groups in total. The Morgan fingerprint density at radius 3 is 2.41 bits per heavy atom. The summed E-state index contributed by atoms with van der Waals surface area (Å²) in [5.74, 6) is 0.853. The molecule has 0 atom stereocenters. The highest BCUT2D eigenvalue weighted by atomic mass is 35.5. The Kier molecular flexibility index (Phi) is 7.13. The van der Waals surface area contributed by atoms with Crippen molar-refractivity contribution < 1.29 is 4.79 Å². The smallest absolute Gasteiger partial charge is 0.225 e. The van der Waals surface area contributed by atoms with E-state index in [1.165, 1.54) is 18.5 Å². The third-order valence-corrected chi connectivity index (χ3v) is 5.32. The Balaban J connectivity index is 1.38. The summed E-state index contributed by atoms with van der Waals surface area (Å²) in [6.45, 7) is 5.92. The topological polar surface area (TPSA) is 44.4 Å². The Labute approximate surface area is 166 Å². The van der Waals surface area contributed by atoms with Gasteiger partial charge in [0, 0.05) is 49.0 Å². The molecule has 2 aromatic rings. The first kappa shape index (κ1) is 19.7. The second-order valence-corrected chi connectivity index (χ2v) is 7.75. The predicted octanol–water partition coefficient (Wildman–Crippen LogP) is 4.69. The van der Waals surface area contributed by atoms with Gasteiger partial charge in [-0.2, -0.15) is 0 Å². The Morgan fingerprint density at radius 1 is 1.07 bits per heavy atom. The van der Waals surface area contributed by atoms with Gasteiger partial charge in [0.25, 0.3) is 0 Å². The van der Waals surface area contributed by atoms with Crippen molar-refractivity contribution in [2.24, 2.45) is 5.92 Å². The summed E-state index contributed by atoms with van der Waals surface area (Å²) in [4.78, 5) is 14.5. The second kappa shape index (κ2) is 9.77. The Hall–Kier alpha value is -2.04. The number of benzene rings is 2. The van der Waals surface area contributed by atoms with E-state index in [2.05, 4.69) is 34.6 Å². The zero-order valence-corrected chi connectivity index (χ0v) is 16.6. The molecule has 1 saturated heterocycles. The van der Waals surface area contributed by atoms with Crippen LogP contribution in [0.5, 0.6) is 0 Å². The molecule has 1 amide bonds. The van der Waals surface area contributed by atoms with Gasteiger partial charge in [0.05, 0.1) is 0 Å². The minimum atomic E-state index is 0.0261. The first-order valence-corrected chi connectivity index (χ1v) is 10.1. The SMILES string of the molecule is CC1CCN(c2ccc(NC(=O)CCNCc3ccc(Cl)cc3)cc2)CC1. The van der Waals surface area contributed by atoms with Crippen molar-refractivity contribution in [3.63, 3.8) is 0 Å². The van der Waals surface area contributed by atoms with Gasteiger partial charge in [0.15, 0.2) is 0 Å². The van der Waals surface area contributed by atoms with Crippen LogP contribution in [0.1, 0.15) is 31.7 Å². The van der Waals surface area contributed by atoms with Crippen molar-refractivity contribution in [1.82, 2.24) is 5.32 Å². The van der Waals surface area contributed by atoms with E-state index in [0.717, 1.165) is 41.8 Å². The number of carbonyl (C=O) groups excluding carboxylic acids is 1. The number of piperidine rings is 1. The number of anilines is 2. The monoisotopic (exact) mass is 385 g/mol. The molecule has 3 rings (SSSR count). The van der Waals surface area contributed by atoms with Gasteiger partial charge in [-0.1, -0.05) is 30.7 Å². The summed E-state index contributed by atoms with van der Waals surface area (Å²) in [5.41, 5.74) is 3.25. The number of carbonyl (C=O) groups is 1. The van der Waals surface area contributed by atoms with Crippen LogP contribution in [0.25, 0.3) is 0 Å². The van der Waals surface area contributed by atoms with Crippen LogP contribution >= 0.6 is 11.6 Å². The third-order valence-electron chi connectivity index (χ3n) is 5.07. The van der Waals surface area contributed by atoms with E-state index >= 15 is 0 Å². The van der Waals surface area contributed by atoms with E-state index in [1.54, 1.807) is 0 Å². The van der Waals surface area contributed by atoms with Gasteiger partial charge in [0.2, 0.25) is 5.91 Å². The number of amides is 1. The molecule has 1 aliphatic heterocycles. The summed E-state index contributed by atoms with van der Waals surface area (Å²) in [6.07, 6.45) is 2.95. The van der Waals surface area contributed by atoms with E-state index in [4.69, 9.17) is 11.6 Å². The van der Waals surface area contributed by atoms with Crippen molar-refractivity contribution in [3.8, 4) is 0 Å². The zero-order valence-electron chi connectivity index (χ0n) is 15.9. The van der Waals surface area contributed by atoms with Crippen LogP contribution in [-0.2, 0) is 11.3 Å². The van der Waals surface area contributed by atoms with Gasteiger partial charge >= 0.3 is 0 Å². The molecule has 0 radical (unpaired) electrons. The van der Waals surface area contributed by atoms with Crippen LogP contribution < -0.4 is 15.5 Å². The highest BCUT2D eigenvalue weighted by Crippen LogP contribution is 2.24. The van der Waals surface area contributed by atoms with E-state index in [1.807, 2.05) is 36.4 Å². The summed E-state index contributed by atoms with van der Waals surface area (Å²) >= 11 is 5.88. The number of nitrogens with one attached hydrogen (secondary N) is 2. The molecule has 0 unspecified atom stereocenters. The van der Waals surface area contributed by atoms with Crippen molar-refractivity contribution in [1.29, 1.82) is 0 Å². The molecule has 1 heterocycles. The fraction of sp³-hybridized carbons (Fsp3) is 0.409. The van der Waals surface area contributed by atoms with E-state index in [0.29, 0.717) is 13.0 Å². The van der Waals surface area contributed by atoms with Gasteiger partial charge in [-0.15, -0.1) is 0 Å². The van der Waals surface area contributed by atoms with Crippen LogP contribution in [0.15, 0.2) is 48.5 Å². The van der Waals surface area contributed by atoms with E-state index in [-0.39, 0.29) is 5.91 Å². The second-order valence-electron chi connectivity index (χ2n) is 7.32. The lowest BCUT2D eigenvalue weighted by atomic mass is 9.99. The third kappa shape index (κ3) is 6.26. The van der Waals surface area contributed by atoms with Crippen molar-refractivity contribution in [2.75, 3.05) is 29.9 Å². The standard InChI is InChI=1S/C22H28ClN3O/c1-17-11-14-26(15-12-17)21-8-6-20(7-9-21)25-22(27)10-13-24-16-18-2-4-19(23)5-3-18/h2-9,17,24H,10-16H2,1H3,(H,25,27). The maximum Gasteiger partial charge on any atom is 0.225 e. The maximum absolute atomic E-state index is 12.1. The number of halogens is 1. The quantitative estimate of drug-likeness (QED) is 0.679. The van der Waals surface area contributed by atoms with E-state index < -0.39 is 0 Å². The Bertz CT molecular complexity index is 722. The van der Waals surface area contributed by atoms with Crippen molar-refractivity contribution in [2.45, 2.75) is 32.7 Å². The Morgan fingerprint density at radius 2 is 1.74 bits per heavy atom. The number of hydrogen-bond donors (Lipinski definition) is 2. The molecular formula is C22H28ClN3O. The normalized spacial score (nSPS) is 15.0. The van der Waals surface area contributed by atoms with Crippen molar-refractivity contribution >= 4 is 28.9 Å². The maximum atomic E-state index is 12.1. The predicted molar refractivity (Wildman–Crippen MR) is 113 cm³/mol. The average molecular weight is 386 g/mol. The highest BCUT2D eigenvalue weighted by molar-refractivity contribution is 6.30. The zero-order chi connectivity index (χ0) is 19.1. The molecule has 0 saturated carbocycles. The lowest BCUT2D eigenvalue weighted by Gasteiger charge is -2.32. The summed E-state index contributed by atoms with van der Waals surface area (Å²) in [7, 11) is 0. The van der Waals surface area contributed by atoms with Gasteiger partial charge in [-0.3, -0.25) is 4.79 Å². The first-order chi connectivity index (χ1) is 13.1. The molecule has 1 aliphatic rings. The van der Waals surface area contributed by atoms with Crippen molar-refractivity contribution in [3.05, 3.63) is 59.1 Å². The summed E-state index contributed by atoms with van der Waals surface area (Å²) < 4.78 is 0. The molecule has 1 fully saturated rings. The number of rotatable bonds is 7. The molecule has 2 aromatic carbocycles. The number of nitrogens with zero attached hydrogens (tertiary/aromatic N) is 1. The lowest BCUT2D eigenvalue weighted by molar-refractivity contribution is -0.116. The molecular weight excluding hydrogens is 358 g/mol. The van der Waals surface area contributed by atoms with Crippen LogP contribution in [0.3, 0.4) is 0 Å². The molecule has 0 aliphatic carbocycles. The minimum Gasteiger partial charge on any atom is -0.372 e. The minimum absolute atomic E-state index is 0.0261. The largest absolute Gasteiger partial charge is 0.372 e. The first-order valence-electron chi connectivity index (χ1n) is 9.70. The molecule has 0 spiro atoms. The van der Waals surface area contributed by atoms with E-state index in [9.17, 15) is 4.79 Å². The fourth-order valence-electron chi connectivity index (χ4n) is 3.28. The summed E-state index contributed by atoms with van der Waals surface area (Å²) in [5, 5.41) is 6.99. The van der Waals surface area contributed by atoms with Crippen LogP contribution in [0, 0.1) is 5.92 Å². The van der Waals surface area contributed by atoms with Crippen LogP contribution in [0.4, 0.5) is 11.4 Å². The molecule has 0 bridgehead atoms. The van der Waals surface area contributed by atoms with Gasteiger partial charge in [-0.05, 0) is 60.7 Å². The molecule has 0 aromatic heterocycles. The molecule has 5 heteroatoms. The van der Waals surface area contributed by atoms with Gasteiger partial charge in [0.1, 0.15) is 0 Å². The number of hydrogen-bond acceptors (Lipinski definition) is 3. The average Bonchev–Trinajstić information content (AvgIpc) is 2.68. The molecule has 144 valence electrons. The molecule has 4 nitrogen and oxygen atoms in total. The lowest BCUT2D eigenvalue weighted by Crippen LogP contribution is -2.32.